The second-order valence-corrected chi connectivity index (χ2v) is 9.00. The van der Waals surface area contributed by atoms with Crippen LogP contribution in [-0.4, -0.2) is 35.9 Å². The normalized spacial score (nSPS) is 22.0. The Labute approximate surface area is 209 Å². The van der Waals surface area contributed by atoms with E-state index >= 15 is 0 Å². The topological polar surface area (TPSA) is 72.3 Å². The maximum atomic E-state index is 14.2. The van der Waals surface area contributed by atoms with Crippen LogP contribution in [0.4, 0.5) is 26.3 Å². The van der Waals surface area contributed by atoms with E-state index in [9.17, 15) is 31.1 Å². The van der Waals surface area contributed by atoms with Crippen molar-refractivity contribution in [3.63, 3.8) is 0 Å². The molecule has 6 nitrogen and oxygen atoms in total. The second kappa shape index (κ2) is 9.15. The summed E-state index contributed by atoms with van der Waals surface area (Å²) in [5, 5.41) is 8.86. The van der Waals surface area contributed by atoms with Crippen molar-refractivity contribution in [2.75, 3.05) is 0 Å². The third kappa shape index (κ3) is 4.96. The minimum absolute atomic E-state index is 0.0108. The molecule has 1 amide bonds. The molecule has 2 unspecified atom stereocenters. The number of alkyl halides is 6. The van der Waals surface area contributed by atoms with Gasteiger partial charge in [0, 0.05) is 27.6 Å². The lowest BCUT2D eigenvalue weighted by Gasteiger charge is -2.29. The van der Waals surface area contributed by atoms with Crippen molar-refractivity contribution < 1.29 is 40.8 Å². The highest BCUT2D eigenvalue weighted by molar-refractivity contribution is 6.34. The standard InChI is InChI=1S/C22H15Cl2F6N3O3/c1-10-4-11(2-3-15(10)19(34)31-18-8-17(33-35-18)21(25,26)27)16-9-20(36-32-16,22(28,29)30)12-5-13(23)7-14(24)6-12/h2-7,18H,8-9H2,1H3,(H,31,34). The van der Waals surface area contributed by atoms with Crippen LogP contribution in [0.5, 0.6) is 0 Å². The van der Waals surface area contributed by atoms with Crippen molar-refractivity contribution in [3.8, 4) is 0 Å². The molecule has 0 radical (unpaired) electrons. The Morgan fingerprint density at radius 1 is 1.06 bits per heavy atom. The molecule has 14 heteroatoms. The maximum absolute atomic E-state index is 14.2. The number of carbonyl (C=O) groups excluding carboxylic acids is 1. The van der Waals surface area contributed by atoms with Gasteiger partial charge in [0.1, 0.15) is 0 Å². The van der Waals surface area contributed by atoms with E-state index in [1.807, 2.05) is 0 Å². The number of rotatable bonds is 4. The predicted octanol–water partition coefficient (Wildman–Crippen LogP) is 6.28. The Balaban J connectivity index is 1.52. The number of carbonyl (C=O) groups is 1. The summed E-state index contributed by atoms with van der Waals surface area (Å²) in [7, 11) is 0. The number of oxime groups is 2. The Kier molecular flexibility index (Phi) is 6.63. The average Bonchev–Trinajstić information content (AvgIpc) is 3.40. The zero-order valence-electron chi connectivity index (χ0n) is 18.1. The van der Waals surface area contributed by atoms with Gasteiger partial charge < -0.3 is 15.0 Å². The summed E-state index contributed by atoms with van der Waals surface area (Å²) in [6.45, 7) is 1.51. The summed E-state index contributed by atoms with van der Waals surface area (Å²) >= 11 is 11.8. The Morgan fingerprint density at radius 2 is 1.72 bits per heavy atom. The highest BCUT2D eigenvalue weighted by Gasteiger charge is 2.62. The number of benzene rings is 2. The van der Waals surface area contributed by atoms with Gasteiger partial charge in [0.25, 0.3) is 11.5 Å². The fourth-order valence-electron chi connectivity index (χ4n) is 3.79. The predicted molar refractivity (Wildman–Crippen MR) is 118 cm³/mol. The van der Waals surface area contributed by atoms with Crippen LogP contribution in [0.2, 0.25) is 10.0 Å². The van der Waals surface area contributed by atoms with Crippen LogP contribution in [0.3, 0.4) is 0 Å². The zero-order chi connectivity index (χ0) is 26.5. The first-order chi connectivity index (χ1) is 16.7. The largest absolute Gasteiger partial charge is 0.435 e. The molecule has 0 fully saturated rings. The van der Waals surface area contributed by atoms with E-state index in [0.717, 1.165) is 12.1 Å². The lowest BCUT2D eigenvalue weighted by atomic mass is 9.86. The molecule has 2 atom stereocenters. The molecule has 0 saturated heterocycles. The highest BCUT2D eigenvalue weighted by Crippen LogP contribution is 2.49. The van der Waals surface area contributed by atoms with E-state index in [1.54, 1.807) is 0 Å². The molecule has 4 rings (SSSR count). The molecular weight excluding hydrogens is 539 g/mol. The van der Waals surface area contributed by atoms with E-state index in [1.165, 1.54) is 31.2 Å². The summed E-state index contributed by atoms with van der Waals surface area (Å²) in [5.74, 6) is -0.745. The number of nitrogens with zero attached hydrogens (tertiary/aromatic N) is 2. The first-order valence-electron chi connectivity index (χ1n) is 10.2. The molecule has 2 heterocycles. The minimum atomic E-state index is -4.88. The van der Waals surface area contributed by atoms with Gasteiger partial charge in [-0.05, 0) is 48.4 Å². The van der Waals surface area contributed by atoms with Crippen molar-refractivity contribution >= 4 is 40.5 Å². The van der Waals surface area contributed by atoms with Crippen molar-refractivity contribution in [1.29, 1.82) is 0 Å². The first-order valence-corrected chi connectivity index (χ1v) is 11.0. The summed E-state index contributed by atoms with van der Waals surface area (Å²) in [6, 6.07) is 7.56. The highest BCUT2D eigenvalue weighted by atomic mass is 35.5. The first kappa shape index (κ1) is 26.1. The van der Waals surface area contributed by atoms with Gasteiger partial charge >= 0.3 is 12.4 Å². The quantitative estimate of drug-likeness (QED) is 0.453. The van der Waals surface area contributed by atoms with Crippen LogP contribution in [0.1, 0.15) is 39.9 Å². The van der Waals surface area contributed by atoms with E-state index in [2.05, 4.69) is 20.5 Å². The number of aryl methyl sites for hydroxylation is 1. The van der Waals surface area contributed by atoms with E-state index in [-0.39, 0.29) is 32.4 Å². The summed E-state index contributed by atoms with van der Waals surface area (Å²) in [4.78, 5) is 22.1. The molecule has 0 spiro atoms. The fourth-order valence-corrected chi connectivity index (χ4v) is 4.32. The third-order valence-electron chi connectivity index (χ3n) is 5.61. The van der Waals surface area contributed by atoms with Gasteiger partial charge in [-0.2, -0.15) is 26.3 Å². The fraction of sp³-hybridized carbons (Fsp3) is 0.318. The smallest absolute Gasteiger partial charge is 0.374 e. The van der Waals surface area contributed by atoms with E-state index < -0.39 is 48.6 Å². The Morgan fingerprint density at radius 3 is 2.28 bits per heavy atom. The number of hydrogen-bond acceptors (Lipinski definition) is 5. The molecule has 192 valence electrons. The van der Waals surface area contributed by atoms with Crippen molar-refractivity contribution in [1.82, 2.24) is 5.32 Å². The van der Waals surface area contributed by atoms with Gasteiger partial charge in [-0.1, -0.05) is 39.6 Å². The van der Waals surface area contributed by atoms with Crippen molar-refractivity contribution in [2.24, 2.45) is 10.3 Å². The summed E-state index contributed by atoms with van der Waals surface area (Å²) in [5.41, 5.74) is -3.69. The molecule has 2 aromatic rings. The molecule has 0 bridgehead atoms. The second-order valence-electron chi connectivity index (χ2n) is 8.13. The van der Waals surface area contributed by atoms with Gasteiger partial charge in [-0.3, -0.25) is 4.79 Å². The molecule has 2 aromatic carbocycles. The van der Waals surface area contributed by atoms with Crippen LogP contribution in [0, 0.1) is 6.92 Å². The molecule has 36 heavy (non-hydrogen) atoms. The lowest BCUT2D eigenvalue weighted by Crippen LogP contribution is -2.42. The van der Waals surface area contributed by atoms with Crippen molar-refractivity contribution in [2.45, 2.75) is 43.9 Å². The minimum Gasteiger partial charge on any atom is -0.374 e. The van der Waals surface area contributed by atoms with Gasteiger partial charge in [-0.15, -0.1) is 0 Å². The Bertz CT molecular complexity index is 1260. The zero-order valence-corrected chi connectivity index (χ0v) is 19.6. The number of halogens is 8. The van der Waals surface area contributed by atoms with Crippen LogP contribution >= 0.6 is 23.2 Å². The van der Waals surface area contributed by atoms with Gasteiger partial charge in [0.05, 0.1) is 12.1 Å². The molecule has 1 N–H and O–H groups in total. The van der Waals surface area contributed by atoms with Crippen molar-refractivity contribution in [3.05, 3.63) is 68.7 Å². The summed E-state index contributed by atoms with van der Waals surface area (Å²) < 4.78 is 80.6. The van der Waals surface area contributed by atoms with Gasteiger partial charge in [0.2, 0.25) is 6.23 Å². The number of hydrogen-bond donors (Lipinski definition) is 1. The Hall–Kier alpha value is -2.99. The van der Waals surface area contributed by atoms with Crippen LogP contribution in [-0.2, 0) is 15.3 Å². The molecule has 2 aliphatic heterocycles. The number of amides is 1. The number of nitrogens with one attached hydrogen (secondary N) is 1. The van der Waals surface area contributed by atoms with Crippen LogP contribution in [0.25, 0.3) is 0 Å². The molecule has 2 aliphatic rings. The third-order valence-corrected chi connectivity index (χ3v) is 6.04. The maximum Gasteiger partial charge on any atom is 0.435 e. The molecule has 0 saturated carbocycles. The molecular formula is C22H15Cl2F6N3O3. The molecule has 0 aromatic heterocycles. The van der Waals surface area contributed by atoms with Crippen LogP contribution in [0.15, 0.2) is 46.7 Å². The van der Waals surface area contributed by atoms with E-state index in [4.69, 9.17) is 28.0 Å². The van der Waals surface area contributed by atoms with E-state index in [0.29, 0.717) is 5.56 Å². The van der Waals surface area contributed by atoms with Crippen LogP contribution < -0.4 is 5.32 Å². The summed E-state index contributed by atoms with van der Waals surface area (Å²) in [6.07, 6.45) is -12.2. The average molecular weight is 554 g/mol. The lowest BCUT2D eigenvalue weighted by molar-refractivity contribution is -0.275. The van der Waals surface area contributed by atoms with Gasteiger partial charge in [0.15, 0.2) is 5.71 Å². The molecule has 0 aliphatic carbocycles. The SMILES string of the molecule is Cc1cc(C2=NOC(c3cc(Cl)cc(Cl)c3)(C(F)(F)F)C2)ccc1C(=O)NC1CC(C(F)(F)F)=NO1. The monoisotopic (exact) mass is 553 g/mol. The van der Waals surface area contributed by atoms with Gasteiger partial charge in [-0.25, -0.2) is 0 Å².